The van der Waals surface area contributed by atoms with Gasteiger partial charge in [-0.2, -0.15) is 0 Å². The molecule has 1 fully saturated rings. The molecule has 1 heterocycles. The van der Waals surface area contributed by atoms with Crippen LogP contribution in [0, 0.1) is 0 Å². The third-order valence-electron chi connectivity index (χ3n) is 2.40. The van der Waals surface area contributed by atoms with Crippen molar-refractivity contribution in [2.75, 3.05) is 19.8 Å². The van der Waals surface area contributed by atoms with E-state index in [9.17, 15) is 14.7 Å². The summed E-state index contributed by atoms with van der Waals surface area (Å²) in [5, 5.41) is 9.48. The predicted octanol–water partition coefficient (Wildman–Crippen LogP) is 0.307. The van der Waals surface area contributed by atoms with Gasteiger partial charge in [-0.1, -0.05) is 12.7 Å². The zero-order valence-corrected chi connectivity index (χ0v) is 9.80. The van der Waals surface area contributed by atoms with E-state index in [1.165, 1.54) is 11.0 Å². The average Bonchev–Trinajstić information content (AvgIpc) is 2.68. The quantitative estimate of drug-likeness (QED) is 0.568. The van der Waals surface area contributed by atoms with E-state index in [-0.39, 0.29) is 26.2 Å². The Hall–Kier alpha value is -1.56. The highest BCUT2D eigenvalue weighted by Crippen LogP contribution is 2.20. The van der Waals surface area contributed by atoms with Gasteiger partial charge >= 0.3 is 12.1 Å². The molecule has 0 aromatic carbocycles. The summed E-state index contributed by atoms with van der Waals surface area (Å²) >= 11 is 0. The number of nitrogens with zero attached hydrogens (tertiary/aromatic N) is 1. The van der Waals surface area contributed by atoms with E-state index in [0.29, 0.717) is 0 Å². The van der Waals surface area contributed by atoms with Crippen molar-refractivity contribution in [2.24, 2.45) is 0 Å². The average molecular weight is 243 g/mol. The molecule has 0 bridgehead atoms. The minimum absolute atomic E-state index is 0.0854. The minimum Gasteiger partial charge on any atom is -0.460 e. The summed E-state index contributed by atoms with van der Waals surface area (Å²) in [5.41, 5.74) is 0. The van der Waals surface area contributed by atoms with Crippen molar-refractivity contribution in [3.8, 4) is 0 Å². The van der Waals surface area contributed by atoms with Crippen LogP contribution in [-0.4, -0.2) is 54.0 Å². The zero-order chi connectivity index (χ0) is 12.8. The van der Waals surface area contributed by atoms with Gasteiger partial charge in [-0.25, -0.2) is 9.59 Å². The lowest BCUT2D eigenvalue weighted by molar-refractivity contribution is -0.147. The van der Waals surface area contributed by atoms with E-state index in [1.54, 1.807) is 6.92 Å². The SMILES string of the molecule is C=CCOC(=O)[C@@H]1C[C@@H](O)CN1C(=O)OCC. The summed E-state index contributed by atoms with van der Waals surface area (Å²) in [4.78, 5) is 24.4. The van der Waals surface area contributed by atoms with Gasteiger partial charge in [0.1, 0.15) is 12.6 Å². The van der Waals surface area contributed by atoms with E-state index in [2.05, 4.69) is 6.58 Å². The Labute approximate surface area is 99.8 Å². The van der Waals surface area contributed by atoms with Gasteiger partial charge in [0.15, 0.2) is 0 Å². The first-order valence-electron chi connectivity index (χ1n) is 5.49. The molecule has 1 aliphatic rings. The van der Waals surface area contributed by atoms with Gasteiger partial charge in [0.05, 0.1) is 19.3 Å². The van der Waals surface area contributed by atoms with Crippen molar-refractivity contribution in [1.82, 2.24) is 4.90 Å². The van der Waals surface area contributed by atoms with Crippen LogP contribution in [-0.2, 0) is 14.3 Å². The summed E-state index contributed by atoms with van der Waals surface area (Å²) in [6.45, 7) is 5.50. The van der Waals surface area contributed by atoms with Crippen molar-refractivity contribution in [3.63, 3.8) is 0 Å². The van der Waals surface area contributed by atoms with E-state index in [0.717, 1.165) is 0 Å². The Kier molecular flexibility index (Phi) is 4.96. The summed E-state index contributed by atoms with van der Waals surface area (Å²) in [5.74, 6) is -0.547. The molecule has 0 aromatic heterocycles. The molecule has 1 N–H and O–H groups in total. The van der Waals surface area contributed by atoms with E-state index in [1.807, 2.05) is 0 Å². The first kappa shape index (κ1) is 13.5. The molecule has 0 radical (unpaired) electrons. The Bertz CT molecular complexity index is 304. The van der Waals surface area contributed by atoms with Gasteiger partial charge in [-0.05, 0) is 6.92 Å². The molecule has 6 heteroatoms. The zero-order valence-electron chi connectivity index (χ0n) is 9.80. The molecular weight excluding hydrogens is 226 g/mol. The molecule has 1 saturated heterocycles. The molecule has 0 unspecified atom stereocenters. The van der Waals surface area contributed by atoms with Crippen molar-refractivity contribution in [2.45, 2.75) is 25.5 Å². The number of hydrogen-bond acceptors (Lipinski definition) is 5. The fourth-order valence-electron chi connectivity index (χ4n) is 1.68. The van der Waals surface area contributed by atoms with Gasteiger partial charge < -0.3 is 14.6 Å². The van der Waals surface area contributed by atoms with Crippen LogP contribution in [0.3, 0.4) is 0 Å². The number of ether oxygens (including phenoxy) is 2. The Morgan fingerprint density at radius 3 is 2.82 bits per heavy atom. The smallest absolute Gasteiger partial charge is 0.410 e. The van der Waals surface area contributed by atoms with Crippen LogP contribution < -0.4 is 0 Å². The van der Waals surface area contributed by atoms with E-state index >= 15 is 0 Å². The number of carbonyl (C=O) groups excluding carboxylic acids is 2. The molecule has 17 heavy (non-hydrogen) atoms. The Balaban J connectivity index is 2.64. The van der Waals surface area contributed by atoms with Crippen LogP contribution >= 0.6 is 0 Å². The molecule has 0 spiro atoms. The number of aliphatic hydroxyl groups is 1. The molecule has 1 rings (SSSR count). The largest absolute Gasteiger partial charge is 0.460 e. The first-order valence-corrected chi connectivity index (χ1v) is 5.49. The molecule has 1 amide bonds. The molecule has 1 aliphatic heterocycles. The third kappa shape index (κ3) is 3.45. The molecule has 96 valence electrons. The fourth-order valence-corrected chi connectivity index (χ4v) is 1.68. The number of hydrogen-bond donors (Lipinski definition) is 1. The molecule has 0 aromatic rings. The van der Waals surface area contributed by atoms with Crippen LogP contribution in [0.5, 0.6) is 0 Å². The van der Waals surface area contributed by atoms with Gasteiger partial charge in [-0.3, -0.25) is 4.90 Å². The molecule has 2 atom stereocenters. The maximum Gasteiger partial charge on any atom is 0.410 e. The number of rotatable bonds is 4. The Morgan fingerprint density at radius 2 is 2.24 bits per heavy atom. The van der Waals surface area contributed by atoms with Gasteiger partial charge in [-0.15, -0.1) is 0 Å². The fraction of sp³-hybridized carbons (Fsp3) is 0.636. The second kappa shape index (κ2) is 6.24. The van der Waals surface area contributed by atoms with Crippen LogP contribution in [0.25, 0.3) is 0 Å². The van der Waals surface area contributed by atoms with Gasteiger partial charge in [0.25, 0.3) is 0 Å². The normalized spacial score (nSPS) is 23.3. The minimum atomic E-state index is -0.774. The van der Waals surface area contributed by atoms with Gasteiger partial charge in [0, 0.05) is 6.42 Å². The number of β-amino-alcohol motifs (C(OH)–C–C–N with tert-alkyl or cyclic N) is 1. The maximum atomic E-state index is 11.6. The lowest BCUT2D eigenvalue weighted by atomic mass is 10.2. The second-order valence-corrected chi connectivity index (χ2v) is 3.68. The van der Waals surface area contributed by atoms with Crippen LogP contribution in [0.2, 0.25) is 0 Å². The molecule has 6 nitrogen and oxygen atoms in total. The second-order valence-electron chi connectivity index (χ2n) is 3.68. The lowest BCUT2D eigenvalue weighted by Crippen LogP contribution is -2.41. The van der Waals surface area contributed by atoms with Crippen LogP contribution in [0.1, 0.15) is 13.3 Å². The molecular formula is C11H17NO5. The van der Waals surface area contributed by atoms with Crippen LogP contribution in [0.15, 0.2) is 12.7 Å². The number of esters is 1. The van der Waals surface area contributed by atoms with Crippen molar-refractivity contribution >= 4 is 12.1 Å². The summed E-state index contributed by atoms with van der Waals surface area (Å²) in [6.07, 6.45) is 0.289. The summed E-state index contributed by atoms with van der Waals surface area (Å²) in [7, 11) is 0. The third-order valence-corrected chi connectivity index (χ3v) is 2.40. The van der Waals surface area contributed by atoms with Crippen molar-refractivity contribution < 1.29 is 24.2 Å². The van der Waals surface area contributed by atoms with E-state index < -0.39 is 24.2 Å². The number of aliphatic hydroxyl groups excluding tert-OH is 1. The predicted molar refractivity (Wildman–Crippen MR) is 59.3 cm³/mol. The first-order chi connectivity index (χ1) is 8.10. The highest BCUT2D eigenvalue weighted by atomic mass is 16.6. The maximum absolute atomic E-state index is 11.6. The number of amides is 1. The summed E-state index contributed by atoms with van der Waals surface area (Å²) in [6, 6.07) is -0.774. The molecule has 0 saturated carbocycles. The topological polar surface area (TPSA) is 76.1 Å². The lowest BCUT2D eigenvalue weighted by Gasteiger charge is -2.21. The van der Waals surface area contributed by atoms with Crippen molar-refractivity contribution in [1.29, 1.82) is 0 Å². The van der Waals surface area contributed by atoms with Crippen LogP contribution in [0.4, 0.5) is 4.79 Å². The number of likely N-dealkylation sites (tertiary alicyclic amines) is 1. The monoisotopic (exact) mass is 243 g/mol. The summed E-state index contributed by atoms with van der Waals surface area (Å²) < 4.78 is 9.67. The highest BCUT2D eigenvalue weighted by Gasteiger charge is 2.40. The highest BCUT2D eigenvalue weighted by molar-refractivity contribution is 5.82. The Morgan fingerprint density at radius 1 is 1.53 bits per heavy atom. The standard InChI is InChI=1S/C11H17NO5/c1-3-5-17-10(14)9-6-8(13)7-12(9)11(15)16-4-2/h3,8-9,13H,1,4-7H2,2H3/t8-,9+/m1/s1. The number of carbonyl (C=O) groups is 2. The van der Waals surface area contributed by atoms with Gasteiger partial charge in [0.2, 0.25) is 0 Å². The van der Waals surface area contributed by atoms with E-state index in [4.69, 9.17) is 9.47 Å². The molecule has 0 aliphatic carbocycles. The van der Waals surface area contributed by atoms with Crippen molar-refractivity contribution in [3.05, 3.63) is 12.7 Å².